The third-order valence-electron chi connectivity index (χ3n) is 3.55. The number of hydrogen-bond donors (Lipinski definition) is 0. The third-order valence-corrected chi connectivity index (χ3v) is 6.10. The van der Waals surface area contributed by atoms with E-state index in [1.54, 1.807) is 18.2 Å². The number of benzene rings is 3. The van der Waals surface area contributed by atoms with Gasteiger partial charge in [-0.05, 0) is 47.2 Å². The Bertz CT molecular complexity index is 1200. The van der Waals surface area contributed by atoms with Crippen molar-refractivity contribution in [2.24, 2.45) is 0 Å². The van der Waals surface area contributed by atoms with Crippen LogP contribution in [0.3, 0.4) is 0 Å². The van der Waals surface area contributed by atoms with Crippen molar-refractivity contribution >= 4 is 46.6 Å². The minimum atomic E-state index is -4.38. The van der Waals surface area contributed by atoms with E-state index >= 15 is 0 Å². The molecule has 0 bridgehead atoms. The number of rotatable bonds is 4. The quantitative estimate of drug-likeness (QED) is 0.483. The van der Waals surface area contributed by atoms with Gasteiger partial charge in [-0.3, -0.25) is 0 Å². The van der Waals surface area contributed by atoms with Crippen LogP contribution in [0.2, 0.25) is 0 Å². The van der Waals surface area contributed by atoms with Crippen molar-refractivity contribution in [1.29, 1.82) is 0 Å². The van der Waals surface area contributed by atoms with Crippen molar-refractivity contribution < 1.29 is 25.8 Å². The summed E-state index contributed by atoms with van der Waals surface area (Å²) in [6.07, 6.45) is 0. The van der Waals surface area contributed by atoms with Gasteiger partial charge in [0.2, 0.25) is 0 Å². The maximum absolute atomic E-state index is 12.4. The van der Waals surface area contributed by atoms with E-state index in [1.807, 2.05) is 0 Å². The SMILES string of the molecule is O=C(OS(=O)(=O)c1ccc2ccc(S(=O)(=O)Cl)cc2c1)c1ccccc1. The highest BCUT2D eigenvalue weighted by atomic mass is 35.7. The fourth-order valence-corrected chi connectivity index (χ4v) is 3.96. The fourth-order valence-electron chi connectivity index (χ4n) is 2.28. The Morgan fingerprint density at radius 3 is 1.96 bits per heavy atom. The first-order chi connectivity index (χ1) is 12.2. The molecule has 3 aromatic rings. The molecule has 0 N–H and O–H groups in total. The van der Waals surface area contributed by atoms with Crippen molar-refractivity contribution in [2.75, 3.05) is 0 Å². The summed E-state index contributed by atoms with van der Waals surface area (Å²) in [5.41, 5.74) is 0.0902. The van der Waals surface area contributed by atoms with Gasteiger partial charge in [-0.2, -0.15) is 8.42 Å². The molecule has 0 aromatic heterocycles. The van der Waals surface area contributed by atoms with Crippen LogP contribution in [0.4, 0.5) is 0 Å². The average Bonchev–Trinajstić information content (AvgIpc) is 2.60. The number of carbonyl (C=O) groups excluding carboxylic acids is 1. The molecule has 0 saturated heterocycles. The van der Waals surface area contributed by atoms with Crippen LogP contribution < -0.4 is 0 Å². The van der Waals surface area contributed by atoms with Crippen LogP contribution in [0.25, 0.3) is 10.8 Å². The number of halogens is 1. The minimum Gasteiger partial charge on any atom is -0.338 e. The molecule has 6 nitrogen and oxygen atoms in total. The highest BCUT2D eigenvalue weighted by Crippen LogP contribution is 2.25. The summed E-state index contributed by atoms with van der Waals surface area (Å²) in [6.45, 7) is 0. The van der Waals surface area contributed by atoms with Crippen molar-refractivity contribution in [3.8, 4) is 0 Å². The second kappa shape index (κ2) is 6.71. The number of fused-ring (bicyclic) bond motifs is 1. The largest absolute Gasteiger partial charge is 0.354 e. The molecule has 0 radical (unpaired) electrons. The molecule has 0 aliphatic carbocycles. The van der Waals surface area contributed by atoms with Crippen LogP contribution in [-0.2, 0) is 23.4 Å². The van der Waals surface area contributed by atoms with E-state index < -0.39 is 25.1 Å². The van der Waals surface area contributed by atoms with Crippen LogP contribution >= 0.6 is 10.7 Å². The molecule has 26 heavy (non-hydrogen) atoms. The Balaban J connectivity index is 1.99. The molecule has 0 aliphatic rings. The van der Waals surface area contributed by atoms with Gasteiger partial charge in [0.15, 0.2) is 0 Å². The molecule has 0 unspecified atom stereocenters. The molecular formula is C17H11ClO6S2. The average molecular weight is 411 g/mol. The molecule has 0 heterocycles. The van der Waals surface area contributed by atoms with Gasteiger partial charge in [-0.15, -0.1) is 0 Å². The van der Waals surface area contributed by atoms with E-state index in [2.05, 4.69) is 4.18 Å². The summed E-state index contributed by atoms with van der Waals surface area (Å²) in [4.78, 5) is 11.5. The lowest BCUT2D eigenvalue weighted by Gasteiger charge is -2.07. The predicted octanol–water partition coefficient (Wildman–Crippen LogP) is 3.31. The van der Waals surface area contributed by atoms with Gasteiger partial charge in [-0.25, -0.2) is 13.2 Å². The molecule has 9 heteroatoms. The van der Waals surface area contributed by atoms with Crippen molar-refractivity contribution in [1.82, 2.24) is 0 Å². The maximum atomic E-state index is 12.4. The molecule has 0 fully saturated rings. The zero-order chi connectivity index (χ0) is 18.9. The molecule has 0 spiro atoms. The first-order valence-corrected chi connectivity index (χ1v) is 10.9. The molecule has 0 saturated carbocycles. The van der Waals surface area contributed by atoms with Crippen LogP contribution in [-0.4, -0.2) is 22.8 Å². The van der Waals surface area contributed by atoms with Crippen molar-refractivity contribution in [2.45, 2.75) is 9.79 Å². The first-order valence-electron chi connectivity index (χ1n) is 7.19. The van der Waals surface area contributed by atoms with Crippen molar-refractivity contribution in [3.63, 3.8) is 0 Å². The summed E-state index contributed by atoms with van der Waals surface area (Å²) in [5.74, 6) is -1.01. The van der Waals surface area contributed by atoms with Crippen molar-refractivity contribution in [3.05, 3.63) is 72.3 Å². The Hall–Kier alpha value is -2.42. The van der Waals surface area contributed by atoms with E-state index in [4.69, 9.17) is 10.7 Å². The van der Waals surface area contributed by atoms with Gasteiger partial charge in [0, 0.05) is 10.7 Å². The number of hydrogen-bond acceptors (Lipinski definition) is 6. The van der Waals surface area contributed by atoms with Crippen LogP contribution in [0.15, 0.2) is 76.5 Å². The van der Waals surface area contributed by atoms with Gasteiger partial charge >= 0.3 is 16.1 Å². The summed E-state index contributed by atoms with van der Waals surface area (Å²) >= 11 is 0. The minimum absolute atomic E-state index is 0.0902. The van der Waals surface area contributed by atoms with Gasteiger partial charge < -0.3 is 4.18 Å². The second-order valence-corrected chi connectivity index (χ2v) is 9.41. The Kier molecular flexibility index (Phi) is 4.74. The standard InChI is InChI=1S/C17H11ClO6S2/c18-25(20,21)15-8-6-12-7-9-16(11-14(12)10-15)26(22,23)24-17(19)13-4-2-1-3-5-13/h1-11H. The molecular weight excluding hydrogens is 400 g/mol. The van der Waals surface area contributed by atoms with Gasteiger partial charge in [0.1, 0.15) is 4.90 Å². The normalized spacial score (nSPS) is 12.0. The lowest BCUT2D eigenvalue weighted by atomic mass is 10.1. The van der Waals surface area contributed by atoms with E-state index in [1.165, 1.54) is 48.5 Å². The molecule has 0 aliphatic heterocycles. The first kappa shape index (κ1) is 18.4. The lowest BCUT2D eigenvalue weighted by molar-refractivity contribution is 0.0746. The Morgan fingerprint density at radius 2 is 1.35 bits per heavy atom. The van der Waals surface area contributed by atoms with Crippen LogP contribution in [0.5, 0.6) is 0 Å². The summed E-state index contributed by atoms with van der Waals surface area (Å²) in [7, 11) is -3.03. The van der Waals surface area contributed by atoms with E-state index in [0.29, 0.717) is 10.8 Å². The molecule has 0 atom stereocenters. The summed E-state index contributed by atoms with van der Waals surface area (Å²) in [5, 5.41) is 0.922. The zero-order valence-electron chi connectivity index (χ0n) is 13.0. The predicted molar refractivity (Wildman–Crippen MR) is 96.0 cm³/mol. The van der Waals surface area contributed by atoms with Gasteiger partial charge in [0.05, 0.1) is 10.5 Å². The second-order valence-electron chi connectivity index (χ2n) is 5.30. The van der Waals surface area contributed by atoms with E-state index in [9.17, 15) is 21.6 Å². The Labute approximate surface area is 154 Å². The third kappa shape index (κ3) is 3.87. The maximum Gasteiger partial charge on any atom is 0.354 e. The molecule has 3 aromatic carbocycles. The van der Waals surface area contributed by atoms with E-state index in [0.717, 1.165) is 0 Å². The van der Waals surface area contributed by atoms with E-state index in [-0.39, 0.29) is 15.4 Å². The highest BCUT2D eigenvalue weighted by molar-refractivity contribution is 8.13. The van der Waals surface area contributed by atoms with Gasteiger partial charge in [0.25, 0.3) is 9.05 Å². The zero-order valence-corrected chi connectivity index (χ0v) is 15.4. The molecule has 134 valence electrons. The Morgan fingerprint density at radius 1 is 0.769 bits per heavy atom. The van der Waals surface area contributed by atoms with Crippen LogP contribution in [0.1, 0.15) is 10.4 Å². The fraction of sp³-hybridized carbons (Fsp3) is 0. The highest BCUT2D eigenvalue weighted by Gasteiger charge is 2.22. The molecule has 3 rings (SSSR count). The molecule has 0 amide bonds. The lowest BCUT2D eigenvalue weighted by Crippen LogP contribution is -2.13. The van der Waals surface area contributed by atoms with Crippen LogP contribution in [0, 0.1) is 0 Å². The van der Waals surface area contributed by atoms with Gasteiger partial charge in [-0.1, -0.05) is 30.3 Å². The smallest absolute Gasteiger partial charge is 0.338 e. The summed E-state index contributed by atoms with van der Waals surface area (Å²) in [6, 6.07) is 15.7. The summed E-state index contributed by atoms with van der Waals surface area (Å²) < 4.78 is 52.2. The number of carbonyl (C=O) groups is 1. The monoisotopic (exact) mass is 410 g/mol. The topological polar surface area (TPSA) is 94.6 Å².